The van der Waals surface area contributed by atoms with Gasteiger partial charge in [-0.05, 0) is 6.92 Å². The van der Waals surface area contributed by atoms with Crippen LogP contribution in [0.4, 0.5) is 13.2 Å². The smallest absolute Gasteiger partial charge is 0.491 e. The lowest BCUT2D eigenvalue weighted by atomic mass is 10.2. The molecule has 0 unspecified atom stereocenters. The second-order valence-electron chi connectivity index (χ2n) is 3.54. The summed E-state index contributed by atoms with van der Waals surface area (Å²) in [5, 5.41) is 0. The number of aromatic amines is 1. The summed E-state index contributed by atoms with van der Waals surface area (Å²) >= 11 is 0. The van der Waals surface area contributed by atoms with Gasteiger partial charge in [-0.15, -0.1) is 13.2 Å². The molecule has 0 saturated carbocycles. The third kappa shape index (κ3) is 4.48. The average molecular weight is 295 g/mol. The Hall–Kier alpha value is -2.19. The lowest BCUT2D eigenvalue weighted by Crippen LogP contribution is -2.21. The number of methoxy groups -OCH3 is 1. The molecule has 0 atom stereocenters. The molecule has 0 bridgehead atoms. The van der Waals surface area contributed by atoms with Gasteiger partial charge in [0, 0.05) is 6.07 Å². The molecule has 1 heterocycles. The van der Waals surface area contributed by atoms with Gasteiger partial charge in [-0.3, -0.25) is 9.59 Å². The standard InChI is InChI=1S/C11H12F3NO5/c1-3-19-9(17)4-6-10(18-2)7(5-8(16)15-6)20-11(12,13)14/h5H,3-4H2,1-2H3,(H,15,16). The van der Waals surface area contributed by atoms with E-state index in [4.69, 9.17) is 4.74 Å². The van der Waals surface area contributed by atoms with Crippen LogP contribution in [0.25, 0.3) is 0 Å². The average Bonchev–Trinajstić information content (AvgIpc) is 2.26. The number of aromatic nitrogens is 1. The van der Waals surface area contributed by atoms with Gasteiger partial charge in [0.15, 0.2) is 11.5 Å². The molecule has 1 aromatic rings. The molecule has 112 valence electrons. The highest BCUT2D eigenvalue weighted by atomic mass is 19.4. The van der Waals surface area contributed by atoms with E-state index in [1.807, 2.05) is 0 Å². The summed E-state index contributed by atoms with van der Waals surface area (Å²) in [6, 6.07) is 0.584. The molecular formula is C11H12F3NO5. The minimum atomic E-state index is -4.98. The van der Waals surface area contributed by atoms with Crippen LogP contribution in [0.15, 0.2) is 10.9 Å². The van der Waals surface area contributed by atoms with Gasteiger partial charge in [-0.2, -0.15) is 0 Å². The first-order valence-corrected chi connectivity index (χ1v) is 5.48. The summed E-state index contributed by atoms with van der Waals surface area (Å²) in [4.78, 5) is 24.8. The van der Waals surface area contributed by atoms with Gasteiger partial charge in [-0.1, -0.05) is 0 Å². The molecule has 1 aromatic heterocycles. The van der Waals surface area contributed by atoms with Crippen molar-refractivity contribution in [2.75, 3.05) is 13.7 Å². The Kier molecular flexibility index (Phi) is 5.00. The van der Waals surface area contributed by atoms with E-state index in [1.54, 1.807) is 6.92 Å². The van der Waals surface area contributed by atoms with Crippen LogP contribution in [0.5, 0.6) is 11.5 Å². The molecular weight excluding hydrogens is 283 g/mol. The van der Waals surface area contributed by atoms with Crippen molar-refractivity contribution < 1.29 is 32.2 Å². The van der Waals surface area contributed by atoms with E-state index in [2.05, 4.69) is 14.5 Å². The first-order valence-electron chi connectivity index (χ1n) is 5.48. The number of H-pyrrole nitrogens is 1. The van der Waals surface area contributed by atoms with Gasteiger partial charge in [0.1, 0.15) is 0 Å². The summed E-state index contributed by atoms with van der Waals surface area (Å²) in [6.07, 6.45) is -5.43. The minimum absolute atomic E-state index is 0.101. The molecule has 1 rings (SSSR count). The maximum Gasteiger partial charge on any atom is 0.573 e. The molecule has 1 N–H and O–H groups in total. The molecule has 6 nitrogen and oxygen atoms in total. The van der Waals surface area contributed by atoms with Crippen molar-refractivity contribution in [3.8, 4) is 11.5 Å². The van der Waals surface area contributed by atoms with Gasteiger partial charge in [-0.25, -0.2) is 0 Å². The lowest BCUT2D eigenvalue weighted by Gasteiger charge is -2.14. The van der Waals surface area contributed by atoms with Gasteiger partial charge in [0.25, 0.3) is 5.56 Å². The Labute approximate surface area is 111 Å². The zero-order valence-corrected chi connectivity index (χ0v) is 10.7. The zero-order valence-electron chi connectivity index (χ0n) is 10.7. The summed E-state index contributed by atoms with van der Waals surface area (Å²) < 4.78 is 49.8. The highest BCUT2D eigenvalue weighted by molar-refractivity contribution is 5.73. The van der Waals surface area contributed by atoms with Crippen molar-refractivity contribution in [3.05, 3.63) is 22.1 Å². The van der Waals surface area contributed by atoms with Crippen LogP contribution >= 0.6 is 0 Å². The number of nitrogens with one attached hydrogen (secondary N) is 1. The van der Waals surface area contributed by atoms with E-state index in [9.17, 15) is 22.8 Å². The predicted octanol–water partition coefficient (Wildman–Crippen LogP) is 1.39. The topological polar surface area (TPSA) is 77.6 Å². The molecule has 0 saturated heterocycles. The third-order valence-corrected chi connectivity index (χ3v) is 2.09. The van der Waals surface area contributed by atoms with Gasteiger partial charge >= 0.3 is 12.3 Å². The van der Waals surface area contributed by atoms with E-state index in [-0.39, 0.29) is 18.1 Å². The molecule has 20 heavy (non-hydrogen) atoms. The van der Waals surface area contributed by atoms with Crippen LogP contribution in [0, 0.1) is 0 Å². The second kappa shape index (κ2) is 6.31. The van der Waals surface area contributed by atoms with Crippen LogP contribution in [0.3, 0.4) is 0 Å². The first kappa shape index (κ1) is 15.9. The third-order valence-electron chi connectivity index (χ3n) is 2.09. The van der Waals surface area contributed by atoms with Crippen LogP contribution in [-0.4, -0.2) is 31.0 Å². The maximum atomic E-state index is 12.2. The number of halogens is 3. The van der Waals surface area contributed by atoms with E-state index in [0.717, 1.165) is 7.11 Å². The fourth-order valence-electron chi connectivity index (χ4n) is 1.48. The maximum absolute atomic E-state index is 12.2. The number of rotatable bonds is 5. The van der Waals surface area contributed by atoms with Crippen molar-refractivity contribution >= 4 is 5.97 Å². The highest BCUT2D eigenvalue weighted by Gasteiger charge is 2.33. The number of pyridine rings is 1. The molecule has 0 amide bonds. The first-order chi connectivity index (χ1) is 9.26. The number of carbonyl (C=O) groups is 1. The quantitative estimate of drug-likeness (QED) is 0.831. The second-order valence-corrected chi connectivity index (χ2v) is 3.54. The SMILES string of the molecule is CCOC(=O)Cc1[nH]c(=O)cc(OC(F)(F)F)c1OC. The summed E-state index contributed by atoms with van der Waals surface area (Å²) in [5.74, 6) is -1.91. The summed E-state index contributed by atoms with van der Waals surface area (Å²) in [5.41, 5.74) is -1.01. The molecule has 0 aliphatic heterocycles. The predicted molar refractivity (Wildman–Crippen MR) is 60.6 cm³/mol. The van der Waals surface area contributed by atoms with Crippen LogP contribution in [0.2, 0.25) is 0 Å². The van der Waals surface area contributed by atoms with E-state index < -0.39 is 30.1 Å². The zero-order chi connectivity index (χ0) is 15.3. The van der Waals surface area contributed by atoms with Crippen molar-refractivity contribution in [2.24, 2.45) is 0 Å². The Morgan fingerprint density at radius 1 is 1.40 bits per heavy atom. The van der Waals surface area contributed by atoms with E-state index in [1.165, 1.54) is 0 Å². The monoisotopic (exact) mass is 295 g/mol. The van der Waals surface area contributed by atoms with Gasteiger partial charge in [0.05, 0.1) is 25.8 Å². The fraction of sp³-hybridized carbons (Fsp3) is 0.455. The largest absolute Gasteiger partial charge is 0.573 e. The highest BCUT2D eigenvalue weighted by Crippen LogP contribution is 2.32. The molecule has 0 radical (unpaired) electrons. The molecule has 0 aromatic carbocycles. The molecule has 0 spiro atoms. The fourth-order valence-corrected chi connectivity index (χ4v) is 1.48. The summed E-state index contributed by atoms with van der Waals surface area (Å²) in [7, 11) is 1.09. The Bertz CT molecular complexity index is 538. The number of alkyl halides is 3. The Morgan fingerprint density at radius 3 is 2.55 bits per heavy atom. The number of ether oxygens (including phenoxy) is 3. The minimum Gasteiger partial charge on any atom is -0.491 e. The van der Waals surface area contributed by atoms with Gasteiger partial charge in [0.2, 0.25) is 0 Å². The number of esters is 1. The van der Waals surface area contributed by atoms with Gasteiger partial charge < -0.3 is 19.2 Å². The van der Waals surface area contributed by atoms with Crippen molar-refractivity contribution in [1.82, 2.24) is 4.98 Å². The molecule has 0 aliphatic carbocycles. The van der Waals surface area contributed by atoms with Crippen molar-refractivity contribution in [2.45, 2.75) is 19.7 Å². The Balaban J connectivity index is 3.17. The Morgan fingerprint density at radius 2 is 2.05 bits per heavy atom. The number of hydrogen-bond acceptors (Lipinski definition) is 5. The van der Waals surface area contributed by atoms with Crippen molar-refractivity contribution in [1.29, 1.82) is 0 Å². The number of hydrogen-bond donors (Lipinski definition) is 1. The van der Waals surface area contributed by atoms with Crippen molar-refractivity contribution in [3.63, 3.8) is 0 Å². The van der Waals surface area contributed by atoms with E-state index in [0.29, 0.717) is 6.07 Å². The molecule has 0 fully saturated rings. The normalized spacial score (nSPS) is 11.1. The number of carbonyl (C=O) groups excluding carboxylic acids is 1. The van der Waals surface area contributed by atoms with Crippen LogP contribution in [0.1, 0.15) is 12.6 Å². The summed E-state index contributed by atoms with van der Waals surface area (Å²) in [6.45, 7) is 1.67. The molecule has 9 heteroatoms. The van der Waals surface area contributed by atoms with Crippen LogP contribution in [-0.2, 0) is 16.0 Å². The lowest BCUT2D eigenvalue weighted by molar-refractivity contribution is -0.275. The van der Waals surface area contributed by atoms with E-state index >= 15 is 0 Å². The van der Waals surface area contributed by atoms with Crippen LogP contribution < -0.4 is 15.0 Å². The molecule has 0 aliphatic rings.